The molecule has 1 aliphatic rings. The molecule has 2 aromatic heterocycles. The first-order valence-corrected chi connectivity index (χ1v) is 10.0. The molecule has 8 nitrogen and oxygen atoms in total. The highest BCUT2D eigenvalue weighted by atomic mass is 16.2. The first-order valence-electron chi connectivity index (χ1n) is 10.0. The highest BCUT2D eigenvalue weighted by Gasteiger charge is 2.18. The summed E-state index contributed by atoms with van der Waals surface area (Å²) in [6.07, 6.45) is 8.22. The molecule has 30 heavy (non-hydrogen) atoms. The number of amides is 2. The normalized spacial score (nSPS) is 12.8. The van der Waals surface area contributed by atoms with Gasteiger partial charge in [-0.05, 0) is 49.1 Å². The van der Waals surface area contributed by atoms with E-state index in [0.29, 0.717) is 12.2 Å². The van der Waals surface area contributed by atoms with Crippen LogP contribution in [0.2, 0.25) is 0 Å². The van der Waals surface area contributed by atoms with Gasteiger partial charge < -0.3 is 15.2 Å². The molecule has 0 unspecified atom stereocenters. The van der Waals surface area contributed by atoms with E-state index >= 15 is 0 Å². The number of nitrogens with one attached hydrogen (secondary N) is 2. The fraction of sp³-hybridized carbons (Fsp3) is 0.273. The fourth-order valence-corrected chi connectivity index (χ4v) is 3.62. The number of carbonyl (C=O) groups excluding carboxylic acids is 2. The molecule has 2 amide bonds. The van der Waals surface area contributed by atoms with Crippen LogP contribution in [-0.4, -0.2) is 31.4 Å². The Labute approximate surface area is 174 Å². The standard InChI is InChI=1S/C22H24N6O2/c1-2-21(29)23-14-17-15-28(26-25-17)18-7-5-6-16(12-18)13-24-22(30)19-9-11-27-10-4-3-8-20(19)27/h2,5-7,9,11-12,15H,1,3-4,8,10,13-14H2,(H,23,29)(H,24,30). The van der Waals surface area contributed by atoms with Crippen LogP contribution in [-0.2, 0) is 30.8 Å². The number of carbonyl (C=O) groups is 2. The molecule has 3 heterocycles. The van der Waals surface area contributed by atoms with E-state index in [1.165, 1.54) is 12.5 Å². The van der Waals surface area contributed by atoms with Crippen molar-refractivity contribution in [3.05, 3.63) is 77.9 Å². The summed E-state index contributed by atoms with van der Waals surface area (Å²) in [5.41, 5.74) is 4.34. The highest BCUT2D eigenvalue weighted by molar-refractivity contribution is 5.95. The summed E-state index contributed by atoms with van der Waals surface area (Å²) in [6, 6.07) is 9.65. The van der Waals surface area contributed by atoms with Crippen LogP contribution >= 0.6 is 0 Å². The minimum atomic E-state index is -0.258. The molecule has 0 saturated carbocycles. The monoisotopic (exact) mass is 404 g/mol. The molecule has 0 fully saturated rings. The minimum absolute atomic E-state index is 0.0444. The second-order valence-corrected chi connectivity index (χ2v) is 7.26. The summed E-state index contributed by atoms with van der Waals surface area (Å²) in [4.78, 5) is 23.9. The number of hydrogen-bond acceptors (Lipinski definition) is 4. The van der Waals surface area contributed by atoms with Gasteiger partial charge in [-0.3, -0.25) is 9.59 Å². The van der Waals surface area contributed by atoms with Gasteiger partial charge in [0.15, 0.2) is 0 Å². The molecule has 3 aromatic rings. The smallest absolute Gasteiger partial charge is 0.253 e. The lowest BCUT2D eigenvalue weighted by Gasteiger charge is -2.16. The first-order chi connectivity index (χ1) is 14.6. The van der Waals surface area contributed by atoms with Crippen LogP contribution in [0.25, 0.3) is 5.69 Å². The first kappa shape index (κ1) is 19.6. The third-order valence-electron chi connectivity index (χ3n) is 5.18. The van der Waals surface area contributed by atoms with Crippen LogP contribution in [0, 0.1) is 0 Å². The second-order valence-electron chi connectivity index (χ2n) is 7.26. The van der Waals surface area contributed by atoms with Crippen LogP contribution in [0.4, 0.5) is 0 Å². The zero-order valence-electron chi connectivity index (χ0n) is 16.7. The number of nitrogens with zero attached hydrogens (tertiary/aromatic N) is 4. The van der Waals surface area contributed by atoms with Gasteiger partial charge in [0, 0.05) is 25.0 Å². The number of fused-ring (bicyclic) bond motifs is 1. The Morgan fingerprint density at radius 1 is 1.17 bits per heavy atom. The molecule has 0 spiro atoms. The molecular formula is C22H24N6O2. The fourth-order valence-electron chi connectivity index (χ4n) is 3.62. The summed E-state index contributed by atoms with van der Waals surface area (Å²) in [6.45, 7) is 5.11. The second kappa shape index (κ2) is 8.77. The van der Waals surface area contributed by atoms with Crippen molar-refractivity contribution in [1.82, 2.24) is 30.2 Å². The molecule has 0 aliphatic carbocycles. The van der Waals surface area contributed by atoms with E-state index in [4.69, 9.17) is 0 Å². The molecule has 0 saturated heterocycles. The predicted octanol–water partition coefficient (Wildman–Crippen LogP) is 2.14. The zero-order chi connectivity index (χ0) is 20.9. The summed E-state index contributed by atoms with van der Waals surface area (Å²) < 4.78 is 3.82. The Morgan fingerprint density at radius 2 is 2.07 bits per heavy atom. The van der Waals surface area contributed by atoms with E-state index in [9.17, 15) is 9.59 Å². The number of aromatic nitrogens is 4. The van der Waals surface area contributed by atoms with Gasteiger partial charge in [0.25, 0.3) is 5.91 Å². The molecule has 1 aromatic carbocycles. The van der Waals surface area contributed by atoms with Gasteiger partial charge in [0.1, 0.15) is 5.69 Å². The molecule has 0 bridgehead atoms. The third-order valence-corrected chi connectivity index (χ3v) is 5.18. The van der Waals surface area contributed by atoms with E-state index in [0.717, 1.165) is 41.9 Å². The lowest BCUT2D eigenvalue weighted by Crippen LogP contribution is -2.24. The van der Waals surface area contributed by atoms with Crippen LogP contribution in [0.3, 0.4) is 0 Å². The summed E-state index contributed by atoms with van der Waals surface area (Å²) in [5.74, 6) is -0.302. The molecular weight excluding hydrogens is 380 g/mol. The molecule has 4 rings (SSSR count). The Morgan fingerprint density at radius 3 is 2.93 bits per heavy atom. The Kier molecular flexibility index (Phi) is 5.74. The van der Waals surface area contributed by atoms with Crippen LogP contribution in [0.1, 0.15) is 40.2 Å². The van der Waals surface area contributed by atoms with Gasteiger partial charge in [-0.15, -0.1) is 5.10 Å². The molecule has 0 atom stereocenters. The third kappa shape index (κ3) is 4.32. The SMILES string of the molecule is C=CC(=O)NCc1cn(-c2cccc(CNC(=O)c3ccn4c3CCCC4)c2)nn1. The summed E-state index contributed by atoms with van der Waals surface area (Å²) >= 11 is 0. The maximum atomic E-state index is 12.7. The van der Waals surface area contributed by atoms with Gasteiger partial charge in [-0.25, -0.2) is 4.68 Å². The lowest BCUT2D eigenvalue weighted by molar-refractivity contribution is -0.116. The van der Waals surface area contributed by atoms with Crippen LogP contribution in [0.5, 0.6) is 0 Å². The molecule has 2 N–H and O–H groups in total. The van der Waals surface area contributed by atoms with Crippen LogP contribution < -0.4 is 10.6 Å². The average Bonchev–Trinajstić information content (AvgIpc) is 3.43. The highest BCUT2D eigenvalue weighted by Crippen LogP contribution is 2.20. The van der Waals surface area contributed by atoms with Gasteiger partial charge in [-0.1, -0.05) is 23.9 Å². The van der Waals surface area contributed by atoms with Crippen molar-refractivity contribution < 1.29 is 9.59 Å². The number of hydrogen-bond donors (Lipinski definition) is 2. The van der Waals surface area contributed by atoms with Crippen molar-refractivity contribution in [2.45, 2.75) is 38.9 Å². The van der Waals surface area contributed by atoms with Crippen molar-refractivity contribution in [3.63, 3.8) is 0 Å². The van der Waals surface area contributed by atoms with Crippen molar-refractivity contribution in [2.75, 3.05) is 0 Å². The Hall–Kier alpha value is -3.68. The maximum absolute atomic E-state index is 12.7. The van der Waals surface area contributed by atoms with E-state index in [1.54, 1.807) is 10.9 Å². The largest absolute Gasteiger partial charge is 0.351 e. The van der Waals surface area contributed by atoms with Crippen molar-refractivity contribution in [2.24, 2.45) is 0 Å². The van der Waals surface area contributed by atoms with E-state index < -0.39 is 0 Å². The number of benzene rings is 1. The lowest BCUT2D eigenvalue weighted by atomic mass is 10.1. The Balaban J connectivity index is 1.40. The maximum Gasteiger partial charge on any atom is 0.253 e. The van der Waals surface area contributed by atoms with Gasteiger partial charge in [0.05, 0.1) is 24.0 Å². The van der Waals surface area contributed by atoms with Gasteiger partial charge in [-0.2, -0.15) is 0 Å². The molecule has 0 radical (unpaired) electrons. The zero-order valence-corrected chi connectivity index (χ0v) is 16.7. The predicted molar refractivity (Wildman–Crippen MR) is 112 cm³/mol. The van der Waals surface area contributed by atoms with E-state index in [2.05, 4.69) is 32.1 Å². The van der Waals surface area contributed by atoms with Crippen molar-refractivity contribution >= 4 is 11.8 Å². The molecule has 154 valence electrons. The summed E-state index contributed by atoms with van der Waals surface area (Å²) in [7, 11) is 0. The van der Waals surface area contributed by atoms with Crippen molar-refractivity contribution in [3.8, 4) is 5.69 Å². The summed E-state index contributed by atoms with van der Waals surface area (Å²) in [5, 5.41) is 13.9. The topological polar surface area (TPSA) is 93.8 Å². The molecule has 1 aliphatic heterocycles. The van der Waals surface area contributed by atoms with Gasteiger partial charge in [0.2, 0.25) is 5.91 Å². The van der Waals surface area contributed by atoms with E-state index in [-0.39, 0.29) is 18.4 Å². The molecule has 8 heteroatoms. The quantitative estimate of drug-likeness (QED) is 0.590. The van der Waals surface area contributed by atoms with Gasteiger partial charge >= 0.3 is 0 Å². The number of aryl methyl sites for hydroxylation is 1. The van der Waals surface area contributed by atoms with Crippen molar-refractivity contribution in [1.29, 1.82) is 0 Å². The van der Waals surface area contributed by atoms with Crippen LogP contribution in [0.15, 0.2) is 55.4 Å². The van der Waals surface area contributed by atoms with E-state index in [1.807, 2.05) is 36.5 Å². The average molecular weight is 404 g/mol. The number of rotatable bonds is 7. The minimum Gasteiger partial charge on any atom is -0.351 e. The Bertz CT molecular complexity index is 1080.